The lowest BCUT2D eigenvalue weighted by atomic mass is 10.0. The molecule has 1 aliphatic heterocycles. The van der Waals surface area contributed by atoms with E-state index in [1.807, 2.05) is 30.3 Å². The largest absolute Gasteiger partial charge is 0.484 e. The molecule has 33 heavy (non-hydrogen) atoms. The molecule has 0 spiro atoms. The van der Waals surface area contributed by atoms with Crippen molar-refractivity contribution in [2.45, 2.75) is 32.2 Å². The Morgan fingerprint density at radius 1 is 1.21 bits per heavy atom. The van der Waals surface area contributed by atoms with E-state index in [0.717, 1.165) is 19.3 Å². The van der Waals surface area contributed by atoms with Crippen LogP contribution in [0.2, 0.25) is 0 Å². The first-order chi connectivity index (χ1) is 16.1. The molecule has 10 nitrogen and oxygen atoms in total. The van der Waals surface area contributed by atoms with Crippen molar-refractivity contribution in [2.24, 2.45) is 0 Å². The van der Waals surface area contributed by atoms with Gasteiger partial charge in [0.2, 0.25) is 17.6 Å². The Hall–Kier alpha value is -3.95. The average Bonchev–Trinajstić information content (AvgIpc) is 3.34. The van der Waals surface area contributed by atoms with Gasteiger partial charge in [0, 0.05) is 30.9 Å². The quantitative estimate of drug-likeness (QED) is 0.581. The summed E-state index contributed by atoms with van der Waals surface area (Å²) in [5.41, 5.74) is 0.584. The topological polar surface area (TPSA) is 120 Å². The van der Waals surface area contributed by atoms with Gasteiger partial charge in [0.25, 0.3) is 5.91 Å². The second kappa shape index (κ2) is 10.6. The summed E-state index contributed by atoms with van der Waals surface area (Å²) in [6.07, 6.45) is 3.48. The van der Waals surface area contributed by atoms with Gasteiger partial charge in [0.15, 0.2) is 6.61 Å². The van der Waals surface area contributed by atoms with Crippen LogP contribution in [-0.4, -0.2) is 51.7 Å². The van der Waals surface area contributed by atoms with E-state index in [1.54, 1.807) is 24.0 Å². The molecule has 0 saturated carbocycles. The average molecular weight is 451 g/mol. The van der Waals surface area contributed by atoms with E-state index in [-0.39, 0.29) is 24.4 Å². The van der Waals surface area contributed by atoms with Gasteiger partial charge in [-0.15, -0.1) is 0 Å². The Morgan fingerprint density at radius 3 is 2.88 bits per heavy atom. The van der Waals surface area contributed by atoms with Crippen LogP contribution in [0.5, 0.6) is 11.6 Å². The Morgan fingerprint density at radius 2 is 2.06 bits per heavy atom. The molecular weight excluding hydrogens is 426 g/mol. The maximum atomic E-state index is 12.9. The number of amides is 2. The number of pyridine rings is 1. The van der Waals surface area contributed by atoms with Crippen molar-refractivity contribution in [3.05, 3.63) is 54.6 Å². The van der Waals surface area contributed by atoms with E-state index in [9.17, 15) is 9.59 Å². The number of nitrogens with zero attached hydrogens (tertiary/aromatic N) is 4. The van der Waals surface area contributed by atoms with E-state index >= 15 is 0 Å². The SMILES string of the molecule is CCNC(=O)Oc1cc(-c2noc([C@H]3CCCCN3C(=O)COc3ccccc3)n2)ccn1. The van der Waals surface area contributed by atoms with Gasteiger partial charge in [-0.25, -0.2) is 9.78 Å². The number of para-hydroxylation sites is 1. The van der Waals surface area contributed by atoms with Crippen LogP contribution in [0.3, 0.4) is 0 Å². The summed E-state index contributed by atoms with van der Waals surface area (Å²) in [7, 11) is 0. The maximum absolute atomic E-state index is 12.9. The van der Waals surface area contributed by atoms with Crippen LogP contribution >= 0.6 is 0 Å². The summed E-state index contributed by atoms with van der Waals surface area (Å²) in [6.45, 7) is 2.77. The summed E-state index contributed by atoms with van der Waals surface area (Å²) >= 11 is 0. The number of hydrogen-bond acceptors (Lipinski definition) is 8. The van der Waals surface area contributed by atoms with Crippen molar-refractivity contribution < 1.29 is 23.6 Å². The Labute approximate surface area is 190 Å². The molecule has 0 bridgehead atoms. The molecule has 1 aromatic carbocycles. The first kappa shape index (κ1) is 22.3. The van der Waals surface area contributed by atoms with E-state index in [4.69, 9.17) is 14.0 Å². The van der Waals surface area contributed by atoms with Crippen LogP contribution in [0, 0.1) is 0 Å². The molecule has 3 aromatic rings. The zero-order valence-corrected chi connectivity index (χ0v) is 18.3. The van der Waals surface area contributed by atoms with Crippen molar-refractivity contribution >= 4 is 12.0 Å². The number of aromatic nitrogens is 3. The molecule has 172 valence electrons. The highest BCUT2D eigenvalue weighted by Gasteiger charge is 2.32. The zero-order chi connectivity index (χ0) is 23.0. The van der Waals surface area contributed by atoms with Crippen LogP contribution in [0.4, 0.5) is 4.79 Å². The lowest BCUT2D eigenvalue weighted by Gasteiger charge is -2.33. The second-order valence-corrected chi connectivity index (χ2v) is 7.46. The third-order valence-electron chi connectivity index (χ3n) is 5.17. The first-order valence-corrected chi connectivity index (χ1v) is 10.9. The number of carbonyl (C=O) groups is 2. The summed E-state index contributed by atoms with van der Waals surface area (Å²) in [4.78, 5) is 34.8. The molecule has 2 aromatic heterocycles. The minimum absolute atomic E-state index is 0.0631. The van der Waals surface area contributed by atoms with Gasteiger partial charge >= 0.3 is 6.09 Å². The first-order valence-electron chi connectivity index (χ1n) is 10.9. The number of hydrogen-bond donors (Lipinski definition) is 1. The predicted molar refractivity (Wildman–Crippen MR) is 117 cm³/mol. The number of rotatable bonds is 7. The van der Waals surface area contributed by atoms with Gasteiger partial charge in [-0.3, -0.25) is 4.79 Å². The highest BCUT2D eigenvalue weighted by atomic mass is 16.6. The molecule has 1 aliphatic rings. The third-order valence-corrected chi connectivity index (χ3v) is 5.17. The molecule has 1 N–H and O–H groups in total. The monoisotopic (exact) mass is 451 g/mol. The molecule has 0 unspecified atom stereocenters. The van der Waals surface area contributed by atoms with E-state index < -0.39 is 6.09 Å². The van der Waals surface area contributed by atoms with Crippen molar-refractivity contribution in [3.8, 4) is 23.0 Å². The highest BCUT2D eigenvalue weighted by Crippen LogP contribution is 2.31. The fourth-order valence-corrected chi connectivity index (χ4v) is 3.60. The van der Waals surface area contributed by atoms with E-state index in [2.05, 4.69) is 20.4 Å². The maximum Gasteiger partial charge on any atom is 0.413 e. The fraction of sp³-hybridized carbons (Fsp3) is 0.348. The Balaban J connectivity index is 1.46. The lowest BCUT2D eigenvalue weighted by molar-refractivity contribution is -0.138. The molecule has 0 aliphatic carbocycles. The highest BCUT2D eigenvalue weighted by molar-refractivity contribution is 5.78. The normalized spacial score (nSPS) is 15.7. The molecule has 4 rings (SSSR count). The smallest absolute Gasteiger partial charge is 0.413 e. The van der Waals surface area contributed by atoms with Crippen molar-refractivity contribution in [2.75, 3.05) is 19.7 Å². The number of piperidine rings is 1. The van der Waals surface area contributed by atoms with Crippen LogP contribution < -0.4 is 14.8 Å². The molecule has 1 atom stereocenters. The van der Waals surface area contributed by atoms with Crippen LogP contribution in [0.1, 0.15) is 38.1 Å². The molecule has 3 heterocycles. The van der Waals surface area contributed by atoms with Gasteiger partial charge < -0.3 is 24.2 Å². The molecule has 0 radical (unpaired) electrons. The summed E-state index contributed by atoms with van der Waals surface area (Å²) < 4.78 is 16.3. The summed E-state index contributed by atoms with van der Waals surface area (Å²) in [6, 6.07) is 12.1. The number of benzene rings is 1. The zero-order valence-electron chi connectivity index (χ0n) is 18.3. The predicted octanol–water partition coefficient (Wildman–Crippen LogP) is 3.37. The Kier molecular flexibility index (Phi) is 7.13. The number of likely N-dealkylation sites (tertiary alicyclic amines) is 1. The number of carbonyl (C=O) groups excluding carboxylic acids is 2. The van der Waals surface area contributed by atoms with Crippen molar-refractivity contribution in [3.63, 3.8) is 0 Å². The minimum Gasteiger partial charge on any atom is -0.484 e. The second-order valence-electron chi connectivity index (χ2n) is 7.46. The number of nitrogens with one attached hydrogen (secondary N) is 1. The summed E-state index contributed by atoms with van der Waals surface area (Å²) in [5, 5.41) is 6.60. The van der Waals surface area contributed by atoms with Crippen LogP contribution in [0.25, 0.3) is 11.4 Å². The van der Waals surface area contributed by atoms with Gasteiger partial charge in [-0.2, -0.15) is 4.98 Å². The van der Waals surface area contributed by atoms with Gasteiger partial charge in [-0.05, 0) is 44.4 Å². The summed E-state index contributed by atoms with van der Waals surface area (Å²) in [5.74, 6) is 1.32. The number of ether oxygens (including phenoxy) is 2. The van der Waals surface area contributed by atoms with Crippen molar-refractivity contribution in [1.29, 1.82) is 0 Å². The van der Waals surface area contributed by atoms with Crippen molar-refractivity contribution in [1.82, 2.24) is 25.3 Å². The molecule has 1 fully saturated rings. The van der Waals surface area contributed by atoms with E-state index in [1.165, 1.54) is 6.20 Å². The van der Waals surface area contributed by atoms with Gasteiger partial charge in [0.1, 0.15) is 11.8 Å². The lowest BCUT2D eigenvalue weighted by Crippen LogP contribution is -2.41. The third kappa shape index (κ3) is 5.65. The van der Waals surface area contributed by atoms with Crippen LogP contribution in [0.15, 0.2) is 53.2 Å². The molecule has 2 amide bonds. The molecule has 1 saturated heterocycles. The van der Waals surface area contributed by atoms with Gasteiger partial charge in [-0.1, -0.05) is 23.4 Å². The molecular formula is C23H25N5O5. The minimum atomic E-state index is -0.593. The fourth-order valence-electron chi connectivity index (χ4n) is 3.60. The molecule has 10 heteroatoms. The van der Waals surface area contributed by atoms with E-state index in [0.29, 0.717) is 36.1 Å². The Bertz CT molecular complexity index is 1090. The van der Waals surface area contributed by atoms with Crippen LogP contribution in [-0.2, 0) is 4.79 Å². The van der Waals surface area contributed by atoms with Gasteiger partial charge in [0.05, 0.1) is 0 Å². The standard InChI is InChI=1S/C23H25N5O5/c1-2-24-23(30)32-19-14-16(11-12-25-19)21-26-22(33-27-21)18-10-6-7-13-28(18)20(29)15-31-17-8-4-3-5-9-17/h3-5,8-9,11-12,14,18H,2,6-7,10,13,15H2,1H3,(H,24,30)/t18-/m1/s1.